The van der Waals surface area contributed by atoms with E-state index in [1.165, 1.54) is 12.1 Å². The van der Waals surface area contributed by atoms with Gasteiger partial charge >= 0.3 is 0 Å². The topological polar surface area (TPSA) is 119 Å². The normalized spacial score (nSPS) is 12.9. The molecular weight excluding hydrogens is 284 g/mol. The zero-order chi connectivity index (χ0) is 15.3. The number of sulfonamides is 1. The largest absolute Gasteiger partial charge is 0.494 e. The van der Waals surface area contributed by atoms with Crippen LogP contribution in [0.15, 0.2) is 23.1 Å². The molecule has 1 unspecified atom stereocenters. The molecule has 20 heavy (non-hydrogen) atoms. The van der Waals surface area contributed by atoms with E-state index in [-0.39, 0.29) is 4.90 Å². The maximum atomic E-state index is 12.0. The Morgan fingerprint density at radius 2 is 2.15 bits per heavy atom. The van der Waals surface area contributed by atoms with Crippen molar-refractivity contribution in [1.29, 1.82) is 0 Å². The number of carbonyl (C=O) groups excluding carboxylic acids is 1. The van der Waals surface area contributed by atoms with Crippen LogP contribution >= 0.6 is 0 Å². The van der Waals surface area contributed by atoms with Gasteiger partial charge in [-0.15, -0.1) is 0 Å². The zero-order valence-corrected chi connectivity index (χ0v) is 12.1. The number of hydrogen-bond acceptors (Lipinski definition) is 5. The van der Waals surface area contributed by atoms with Crippen LogP contribution in [0.4, 0.5) is 0 Å². The molecule has 112 valence electrons. The molecule has 0 heterocycles. The first kappa shape index (κ1) is 16.4. The number of aliphatic hydroxyl groups excluding tert-OH is 1. The number of amides is 1. The van der Waals surface area contributed by atoms with Crippen LogP contribution in [-0.4, -0.2) is 38.7 Å². The van der Waals surface area contributed by atoms with Gasteiger partial charge in [0.25, 0.3) is 0 Å². The van der Waals surface area contributed by atoms with E-state index < -0.39 is 28.6 Å². The molecular formula is C12H18N2O5S. The highest BCUT2D eigenvalue weighted by atomic mass is 32.2. The Morgan fingerprint density at radius 1 is 1.50 bits per heavy atom. The Bertz CT molecular complexity index is 586. The number of nitrogens with one attached hydrogen (secondary N) is 1. The van der Waals surface area contributed by atoms with E-state index >= 15 is 0 Å². The van der Waals surface area contributed by atoms with Gasteiger partial charge in [-0.05, 0) is 37.6 Å². The first-order chi connectivity index (χ1) is 9.27. The molecule has 1 atom stereocenters. The van der Waals surface area contributed by atoms with Gasteiger partial charge < -0.3 is 15.6 Å². The fraction of sp³-hybridized carbons (Fsp3) is 0.417. The summed E-state index contributed by atoms with van der Waals surface area (Å²) in [7, 11) is -3.82. The lowest BCUT2D eigenvalue weighted by Crippen LogP contribution is -2.39. The van der Waals surface area contributed by atoms with Crippen LogP contribution in [0.2, 0.25) is 0 Å². The Kier molecular flexibility index (Phi) is 5.49. The van der Waals surface area contributed by atoms with E-state index in [1.807, 2.05) is 6.92 Å². The predicted octanol–water partition coefficient (Wildman–Crippen LogP) is -0.482. The summed E-state index contributed by atoms with van der Waals surface area (Å²) in [5.74, 6) is -0.390. The third kappa shape index (κ3) is 4.19. The van der Waals surface area contributed by atoms with Crippen LogP contribution in [0.5, 0.6) is 5.75 Å². The Hall–Kier alpha value is -1.64. The minimum Gasteiger partial charge on any atom is -0.494 e. The van der Waals surface area contributed by atoms with Crippen LogP contribution in [-0.2, 0) is 14.8 Å². The summed E-state index contributed by atoms with van der Waals surface area (Å²) in [5, 5.41) is 9.18. The van der Waals surface area contributed by atoms with Gasteiger partial charge in [0.05, 0.1) is 11.5 Å². The number of benzene rings is 1. The standard InChI is InChI=1S/C12H18N2O5S/c1-3-19-11-5-4-9(6-8(11)2)20(17,18)14-7-10(15)12(13)16/h4-6,10,14-15H,3,7H2,1-2H3,(H2,13,16). The fourth-order valence-corrected chi connectivity index (χ4v) is 2.60. The highest BCUT2D eigenvalue weighted by Gasteiger charge is 2.19. The van der Waals surface area contributed by atoms with Crippen molar-refractivity contribution in [1.82, 2.24) is 4.72 Å². The van der Waals surface area contributed by atoms with Crippen molar-refractivity contribution in [2.24, 2.45) is 5.73 Å². The second-order valence-corrected chi connectivity index (χ2v) is 5.90. The Balaban J connectivity index is 2.88. The molecule has 0 aromatic heterocycles. The molecule has 1 rings (SSSR count). The molecule has 1 aromatic rings. The quantitative estimate of drug-likeness (QED) is 0.628. The smallest absolute Gasteiger partial charge is 0.247 e. The number of aliphatic hydroxyl groups is 1. The van der Waals surface area contributed by atoms with E-state index in [4.69, 9.17) is 10.5 Å². The second-order valence-electron chi connectivity index (χ2n) is 4.13. The molecule has 1 amide bonds. The number of rotatable bonds is 7. The molecule has 0 aliphatic heterocycles. The number of hydrogen-bond donors (Lipinski definition) is 3. The Morgan fingerprint density at radius 3 is 2.65 bits per heavy atom. The van der Waals surface area contributed by atoms with Gasteiger partial charge in [0.2, 0.25) is 15.9 Å². The summed E-state index contributed by atoms with van der Waals surface area (Å²) in [6.45, 7) is 3.57. The molecule has 7 nitrogen and oxygen atoms in total. The van der Waals surface area contributed by atoms with E-state index in [9.17, 15) is 18.3 Å². The average molecular weight is 302 g/mol. The van der Waals surface area contributed by atoms with Gasteiger partial charge in [0, 0.05) is 6.54 Å². The van der Waals surface area contributed by atoms with Crippen molar-refractivity contribution >= 4 is 15.9 Å². The van der Waals surface area contributed by atoms with Crippen molar-refractivity contribution in [3.63, 3.8) is 0 Å². The van der Waals surface area contributed by atoms with Crippen molar-refractivity contribution in [2.45, 2.75) is 24.8 Å². The van der Waals surface area contributed by atoms with Crippen molar-refractivity contribution in [2.75, 3.05) is 13.2 Å². The van der Waals surface area contributed by atoms with Crippen LogP contribution in [0.25, 0.3) is 0 Å². The summed E-state index contributed by atoms with van der Waals surface area (Å²) in [6.07, 6.45) is -1.56. The molecule has 4 N–H and O–H groups in total. The second kappa shape index (κ2) is 6.69. The number of carbonyl (C=O) groups is 1. The highest BCUT2D eigenvalue weighted by Crippen LogP contribution is 2.21. The van der Waals surface area contributed by atoms with Gasteiger partial charge in [0.15, 0.2) is 0 Å². The summed E-state index contributed by atoms with van der Waals surface area (Å²) in [5.41, 5.74) is 5.51. The molecule has 0 saturated heterocycles. The highest BCUT2D eigenvalue weighted by molar-refractivity contribution is 7.89. The molecule has 8 heteroatoms. The maximum absolute atomic E-state index is 12.0. The van der Waals surface area contributed by atoms with Crippen LogP contribution in [0, 0.1) is 6.92 Å². The molecule has 1 aromatic carbocycles. The lowest BCUT2D eigenvalue weighted by molar-refractivity contribution is -0.125. The van der Waals surface area contributed by atoms with E-state index in [2.05, 4.69) is 4.72 Å². The minimum absolute atomic E-state index is 0.0233. The average Bonchev–Trinajstić information content (AvgIpc) is 2.38. The lowest BCUT2D eigenvalue weighted by atomic mass is 10.2. The predicted molar refractivity (Wildman–Crippen MR) is 72.7 cm³/mol. The number of nitrogens with two attached hydrogens (primary N) is 1. The first-order valence-electron chi connectivity index (χ1n) is 5.98. The van der Waals surface area contributed by atoms with E-state index in [0.29, 0.717) is 17.9 Å². The molecule has 0 aliphatic rings. The van der Waals surface area contributed by atoms with Gasteiger partial charge in [-0.2, -0.15) is 0 Å². The molecule has 0 radical (unpaired) electrons. The SMILES string of the molecule is CCOc1ccc(S(=O)(=O)NCC(O)C(N)=O)cc1C. The van der Waals surface area contributed by atoms with Gasteiger partial charge in [-0.3, -0.25) is 4.79 Å². The summed E-state index contributed by atoms with van der Waals surface area (Å²) >= 11 is 0. The van der Waals surface area contributed by atoms with Crippen LogP contribution < -0.4 is 15.2 Å². The van der Waals surface area contributed by atoms with Gasteiger partial charge in [-0.1, -0.05) is 0 Å². The van der Waals surface area contributed by atoms with Gasteiger partial charge in [-0.25, -0.2) is 13.1 Å². The van der Waals surface area contributed by atoms with Crippen molar-refractivity contribution < 1.29 is 23.1 Å². The minimum atomic E-state index is -3.82. The van der Waals surface area contributed by atoms with Gasteiger partial charge in [0.1, 0.15) is 11.9 Å². The fourth-order valence-electron chi connectivity index (χ4n) is 1.48. The molecule has 0 aliphatic carbocycles. The van der Waals surface area contributed by atoms with E-state index in [1.54, 1.807) is 13.0 Å². The third-order valence-corrected chi connectivity index (χ3v) is 3.97. The first-order valence-corrected chi connectivity index (χ1v) is 7.46. The summed E-state index contributed by atoms with van der Waals surface area (Å²) < 4.78 is 31.4. The van der Waals surface area contributed by atoms with Crippen LogP contribution in [0.1, 0.15) is 12.5 Å². The summed E-state index contributed by atoms with van der Waals surface area (Å²) in [6, 6.07) is 4.39. The molecule has 0 saturated carbocycles. The number of aryl methyl sites for hydroxylation is 1. The molecule has 0 spiro atoms. The van der Waals surface area contributed by atoms with Crippen LogP contribution in [0.3, 0.4) is 0 Å². The monoisotopic (exact) mass is 302 g/mol. The zero-order valence-electron chi connectivity index (χ0n) is 11.3. The maximum Gasteiger partial charge on any atom is 0.247 e. The van der Waals surface area contributed by atoms with E-state index in [0.717, 1.165) is 0 Å². The number of ether oxygens (including phenoxy) is 1. The number of primary amides is 1. The summed E-state index contributed by atoms with van der Waals surface area (Å²) in [4.78, 5) is 10.7. The molecule has 0 fully saturated rings. The lowest BCUT2D eigenvalue weighted by Gasteiger charge is -2.12. The van der Waals surface area contributed by atoms with Crippen molar-refractivity contribution in [3.8, 4) is 5.75 Å². The Labute approximate surface area is 117 Å². The van der Waals surface area contributed by atoms with Crippen molar-refractivity contribution in [3.05, 3.63) is 23.8 Å². The molecule has 0 bridgehead atoms. The third-order valence-electron chi connectivity index (χ3n) is 2.55.